The first kappa shape index (κ1) is 20.7. The summed E-state index contributed by atoms with van der Waals surface area (Å²) in [5, 5.41) is 9.19. The molecule has 2 aromatic carbocycles. The second-order valence-corrected chi connectivity index (χ2v) is 9.73. The molecule has 3 heterocycles. The summed E-state index contributed by atoms with van der Waals surface area (Å²) in [6, 6.07) is 15.6. The summed E-state index contributed by atoms with van der Waals surface area (Å²) in [5.74, 6) is 0.554. The predicted molar refractivity (Wildman–Crippen MR) is 127 cm³/mol. The van der Waals surface area contributed by atoms with Crippen LogP contribution in [0.2, 0.25) is 0 Å². The van der Waals surface area contributed by atoms with Crippen LogP contribution in [0.5, 0.6) is 0 Å². The lowest BCUT2D eigenvalue weighted by molar-refractivity contribution is -0.124. The average Bonchev–Trinajstić information content (AvgIpc) is 3.19. The highest BCUT2D eigenvalue weighted by atomic mass is 16.2. The van der Waals surface area contributed by atoms with E-state index in [2.05, 4.69) is 33.8 Å². The first-order chi connectivity index (χ1) is 16.5. The molecule has 0 unspecified atom stereocenters. The first-order valence-corrected chi connectivity index (χ1v) is 11.7. The summed E-state index contributed by atoms with van der Waals surface area (Å²) >= 11 is 0. The van der Waals surface area contributed by atoms with Gasteiger partial charge in [0.05, 0.1) is 17.6 Å². The molecule has 6 rings (SSSR count). The van der Waals surface area contributed by atoms with E-state index in [1.807, 2.05) is 30.3 Å². The second-order valence-electron chi connectivity index (χ2n) is 9.73. The molecule has 7 heteroatoms. The van der Waals surface area contributed by atoms with Crippen LogP contribution in [-0.4, -0.2) is 34.5 Å². The Labute approximate surface area is 198 Å². The number of aromatic nitrogens is 2. The van der Waals surface area contributed by atoms with E-state index in [1.165, 1.54) is 11.1 Å². The molecule has 1 aromatic heterocycles. The van der Waals surface area contributed by atoms with Gasteiger partial charge < -0.3 is 14.4 Å². The smallest absolute Gasteiger partial charge is 0.232 e. The van der Waals surface area contributed by atoms with Crippen molar-refractivity contribution >= 4 is 23.2 Å². The van der Waals surface area contributed by atoms with Crippen molar-refractivity contribution in [2.75, 3.05) is 22.9 Å². The highest BCUT2D eigenvalue weighted by molar-refractivity contribution is 6.05. The standard InChI is InChI=1S/C27H25N5O2/c1-18-29-9-10-30(18)15-20-5-6-24-23(12-20)27(7-8-27)17-32(24)26(34)21-13-25(33)31(16-21)22-4-2-3-19(11-22)14-28/h2-6,9-12,21H,7-8,13,15-17H2,1H3/t21-/m0/s1. The lowest BCUT2D eigenvalue weighted by Gasteiger charge is -2.22. The quantitative estimate of drug-likeness (QED) is 0.608. The lowest BCUT2D eigenvalue weighted by Crippen LogP contribution is -2.37. The number of imidazole rings is 1. The Morgan fingerprint density at radius 2 is 2.09 bits per heavy atom. The first-order valence-electron chi connectivity index (χ1n) is 11.7. The maximum atomic E-state index is 13.6. The molecule has 1 saturated heterocycles. The zero-order valence-corrected chi connectivity index (χ0v) is 19.1. The summed E-state index contributed by atoms with van der Waals surface area (Å²) in [7, 11) is 0. The number of carbonyl (C=O) groups is 2. The van der Waals surface area contributed by atoms with Crippen molar-refractivity contribution in [3.8, 4) is 6.07 Å². The monoisotopic (exact) mass is 451 g/mol. The van der Waals surface area contributed by atoms with E-state index in [1.54, 1.807) is 23.1 Å². The Bertz CT molecular complexity index is 1360. The van der Waals surface area contributed by atoms with Crippen molar-refractivity contribution in [2.24, 2.45) is 5.92 Å². The molecule has 1 aliphatic carbocycles. The average molecular weight is 452 g/mol. The number of benzene rings is 2. The van der Waals surface area contributed by atoms with Crippen LogP contribution in [0.15, 0.2) is 54.9 Å². The minimum Gasteiger partial charge on any atom is -0.331 e. The largest absolute Gasteiger partial charge is 0.331 e. The Morgan fingerprint density at radius 1 is 1.24 bits per heavy atom. The van der Waals surface area contributed by atoms with Gasteiger partial charge in [-0.1, -0.05) is 18.2 Å². The maximum Gasteiger partial charge on any atom is 0.232 e. The van der Waals surface area contributed by atoms with Crippen molar-refractivity contribution in [1.29, 1.82) is 5.26 Å². The van der Waals surface area contributed by atoms with Gasteiger partial charge in [-0.3, -0.25) is 9.59 Å². The Morgan fingerprint density at radius 3 is 2.82 bits per heavy atom. The molecular formula is C27H25N5O2. The summed E-state index contributed by atoms with van der Waals surface area (Å²) in [4.78, 5) is 34.3. The fourth-order valence-electron chi connectivity index (χ4n) is 5.44. The van der Waals surface area contributed by atoms with Gasteiger partial charge in [0, 0.05) is 55.2 Å². The number of hydrogen-bond donors (Lipinski definition) is 0. The van der Waals surface area contributed by atoms with Crippen molar-refractivity contribution < 1.29 is 9.59 Å². The van der Waals surface area contributed by atoms with Gasteiger partial charge in [0.2, 0.25) is 11.8 Å². The third kappa shape index (κ3) is 3.29. The molecule has 0 bridgehead atoms. The van der Waals surface area contributed by atoms with Gasteiger partial charge in [0.25, 0.3) is 0 Å². The zero-order valence-electron chi connectivity index (χ0n) is 19.1. The third-order valence-corrected chi connectivity index (χ3v) is 7.54. The molecule has 0 radical (unpaired) electrons. The fraction of sp³-hybridized carbons (Fsp3) is 0.333. The highest BCUT2D eigenvalue weighted by Crippen LogP contribution is 2.57. The van der Waals surface area contributed by atoms with Crippen molar-refractivity contribution in [1.82, 2.24) is 9.55 Å². The van der Waals surface area contributed by atoms with Gasteiger partial charge in [-0.25, -0.2) is 4.98 Å². The Kier molecular flexibility index (Phi) is 4.59. The van der Waals surface area contributed by atoms with E-state index in [4.69, 9.17) is 0 Å². The summed E-state index contributed by atoms with van der Waals surface area (Å²) in [6.45, 7) is 3.81. The van der Waals surface area contributed by atoms with Gasteiger partial charge >= 0.3 is 0 Å². The van der Waals surface area contributed by atoms with Crippen LogP contribution in [0.4, 0.5) is 11.4 Å². The number of aryl methyl sites for hydroxylation is 1. The number of anilines is 2. The molecule has 3 aromatic rings. The fourth-order valence-corrected chi connectivity index (χ4v) is 5.44. The highest BCUT2D eigenvalue weighted by Gasteiger charge is 2.54. The van der Waals surface area contributed by atoms with E-state index in [0.717, 1.165) is 30.9 Å². The van der Waals surface area contributed by atoms with Crippen molar-refractivity contribution in [3.05, 3.63) is 77.4 Å². The van der Waals surface area contributed by atoms with Crippen LogP contribution in [0.3, 0.4) is 0 Å². The van der Waals surface area contributed by atoms with Gasteiger partial charge in [-0.15, -0.1) is 0 Å². The van der Waals surface area contributed by atoms with Crippen LogP contribution in [0, 0.1) is 24.2 Å². The summed E-state index contributed by atoms with van der Waals surface area (Å²) in [6.07, 6.45) is 6.18. The van der Waals surface area contributed by atoms with Crippen LogP contribution in [0.25, 0.3) is 0 Å². The minimum absolute atomic E-state index is 0.0236. The summed E-state index contributed by atoms with van der Waals surface area (Å²) < 4.78 is 2.12. The molecule has 170 valence electrons. The number of nitriles is 1. The number of fused-ring (bicyclic) bond motifs is 2. The minimum atomic E-state index is -0.381. The van der Waals surface area contributed by atoms with Crippen LogP contribution < -0.4 is 9.80 Å². The van der Waals surface area contributed by atoms with E-state index < -0.39 is 0 Å². The number of hydrogen-bond acceptors (Lipinski definition) is 4. The molecule has 2 amide bonds. The van der Waals surface area contributed by atoms with Crippen LogP contribution in [-0.2, 0) is 21.5 Å². The predicted octanol–water partition coefficient (Wildman–Crippen LogP) is 3.54. The van der Waals surface area contributed by atoms with Gasteiger partial charge in [-0.05, 0) is 55.2 Å². The normalized spacial score (nSPS) is 20.0. The van der Waals surface area contributed by atoms with E-state index in [9.17, 15) is 14.9 Å². The topological polar surface area (TPSA) is 82.2 Å². The lowest BCUT2D eigenvalue weighted by atomic mass is 9.96. The number of carbonyl (C=O) groups excluding carboxylic acids is 2. The molecule has 2 fully saturated rings. The van der Waals surface area contributed by atoms with E-state index in [-0.39, 0.29) is 29.6 Å². The van der Waals surface area contributed by atoms with Gasteiger partial charge in [0.15, 0.2) is 0 Å². The van der Waals surface area contributed by atoms with E-state index in [0.29, 0.717) is 24.3 Å². The van der Waals surface area contributed by atoms with Crippen LogP contribution >= 0.6 is 0 Å². The van der Waals surface area contributed by atoms with Crippen LogP contribution in [0.1, 0.15) is 41.8 Å². The molecule has 1 spiro atoms. The molecule has 7 nitrogen and oxygen atoms in total. The van der Waals surface area contributed by atoms with E-state index >= 15 is 0 Å². The SMILES string of the molecule is Cc1nccn1Cc1ccc2c(c1)C1(CC1)CN2C(=O)[C@H]1CC(=O)N(c2cccc(C#N)c2)C1. The maximum absolute atomic E-state index is 13.6. The third-order valence-electron chi connectivity index (χ3n) is 7.54. The molecule has 1 saturated carbocycles. The van der Waals surface area contributed by atoms with Gasteiger partial charge in [0.1, 0.15) is 5.82 Å². The van der Waals surface area contributed by atoms with Crippen molar-refractivity contribution in [2.45, 2.75) is 38.1 Å². The molecule has 2 aliphatic heterocycles. The molecule has 3 aliphatic rings. The molecule has 0 N–H and O–H groups in total. The second kappa shape index (κ2) is 7.56. The Hall–Kier alpha value is -3.92. The Balaban J connectivity index is 1.24. The number of amides is 2. The number of rotatable bonds is 4. The summed E-state index contributed by atoms with van der Waals surface area (Å²) in [5.41, 5.74) is 4.71. The number of nitrogens with zero attached hydrogens (tertiary/aromatic N) is 5. The van der Waals surface area contributed by atoms with Gasteiger partial charge in [-0.2, -0.15) is 5.26 Å². The molecule has 1 atom stereocenters. The van der Waals surface area contributed by atoms with Crippen molar-refractivity contribution in [3.63, 3.8) is 0 Å². The molecular weight excluding hydrogens is 426 g/mol. The molecule has 34 heavy (non-hydrogen) atoms. The zero-order chi connectivity index (χ0) is 23.4.